The molecule has 0 saturated heterocycles. The van der Waals surface area contributed by atoms with Crippen LogP contribution in [0, 0.1) is 18.6 Å². The average Bonchev–Trinajstić information content (AvgIpc) is 3.07. The van der Waals surface area contributed by atoms with Gasteiger partial charge in [0.15, 0.2) is 0 Å². The number of halogens is 3. The van der Waals surface area contributed by atoms with E-state index in [2.05, 4.69) is 20.3 Å². The number of aromatic nitrogens is 3. The molecule has 3 aromatic rings. The number of nitrogens with one attached hydrogen (secondary N) is 2. The highest BCUT2D eigenvalue weighted by Gasteiger charge is 2.20. The molecule has 0 aliphatic rings. The molecule has 25 heavy (non-hydrogen) atoms. The second-order valence-corrected chi connectivity index (χ2v) is 5.87. The Balaban J connectivity index is 2.01. The van der Waals surface area contributed by atoms with Crippen molar-refractivity contribution in [2.45, 2.75) is 19.6 Å². The van der Waals surface area contributed by atoms with E-state index >= 15 is 0 Å². The largest absolute Gasteiger partial charge is 0.390 e. The Kier molecular flexibility index (Phi) is 4.96. The molecular weight excluding hydrogens is 350 g/mol. The summed E-state index contributed by atoms with van der Waals surface area (Å²) in [5.41, 5.74) is 1.41. The molecule has 0 fully saturated rings. The molecule has 8 heteroatoms. The van der Waals surface area contributed by atoms with Gasteiger partial charge in [-0.15, -0.1) is 0 Å². The number of anilines is 1. The number of aromatic amines is 1. The maximum Gasteiger partial charge on any atom is 0.144 e. The zero-order chi connectivity index (χ0) is 18.0. The molecule has 3 N–H and O–H groups in total. The van der Waals surface area contributed by atoms with Crippen molar-refractivity contribution >= 4 is 17.4 Å². The molecule has 1 aromatic carbocycles. The van der Waals surface area contributed by atoms with Crippen molar-refractivity contribution in [3.8, 4) is 0 Å². The second kappa shape index (κ2) is 7.16. The van der Waals surface area contributed by atoms with Crippen LogP contribution in [0.3, 0.4) is 0 Å². The number of imidazole rings is 1. The summed E-state index contributed by atoms with van der Waals surface area (Å²) in [5.74, 6) is -0.0373. The van der Waals surface area contributed by atoms with Crippen molar-refractivity contribution in [2.24, 2.45) is 0 Å². The van der Waals surface area contributed by atoms with Gasteiger partial charge in [0.2, 0.25) is 0 Å². The Labute approximate surface area is 147 Å². The van der Waals surface area contributed by atoms with E-state index in [0.717, 1.165) is 0 Å². The second-order valence-electron chi connectivity index (χ2n) is 5.47. The van der Waals surface area contributed by atoms with Crippen LogP contribution in [0.2, 0.25) is 5.02 Å². The summed E-state index contributed by atoms with van der Waals surface area (Å²) in [6.07, 6.45) is 1.50. The fourth-order valence-corrected chi connectivity index (χ4v) is 2.57. The first-order valence-electron chi connectivity index (χ1n) is 7.47. The zero-order valence-electron chi connectivity index (χ0n) is 13.2. The highest BCUT2D eigenvalue weighted by atomic mass is 35.5. The molecule has 0 spiro atoms. The molecule has 0 saturated carbocycles. The minimum atomic E-state index is -0.546. The van der Waals surface area contributed by atoms with Gasteiger partial charge in [-0.05, 0) is 36.8 Å². The molecule has 0 aliphatic carbocycles. The number of hydrogen-bond donors (Lipinski definition) is 3. The fraction of sp³-hybridized carbons (Fsp3) is 0.176. The number of rotatable bonds is 5. The third-order valence-corrected chi connectivity index (χ3v) is 3.97. The molecule has 0 amide bonds. The van der Waals surface area contributed by atoms with Crippen LogP contribution in [0.5, 0.6) is 0 Å². The third kappa shape index (κ3) is 3.78. The molecule has 2 heterocycles. The molecule has 0 aliphatic heterocycles. The normalized spacial score (nSPS) is 12.2. The van der Waals surface area contributed by atoms with Crippen molar-refractivity contribution in [3.63, 3.8) is 0 Å². The van der Waals surface area contributed by atoms with Crippen molar-refractivity contribution in [2.75, 3.05) is 5.32 Å². The molecule has 3 rings (SSSR count). The van der Waals surface area contributed by atoms with Crippen LogP contribution in [0.1, 0.15) is 28.8 Å². The summed E-state index contributed by atoms with van der Waals surface area (Å²) in [7, 11) is 0. The van der Waals surface area contributed by atoms with Gasteiger partial charge in [0.05, 0.1) is 29.2 Å². The number of aryl methyl sites for hydroxylation is 1. The van der Waals surface area contributed by atoms with Gasteiger partial charge in [-0.1, -0.05) is 17.7 Å². The minimum absolute atomic E-state index is 0.0264. The van der Waals surface area contributed by atoms with Crippen LogP contribution >= 0.6 is 11.6 Å². The van der Waals surface area contributed by atoms with Crippen LogP contribution in [0.15, 0.2) is 36.5 Å². The first-order valence-corrected chi connectivity index (χ1v) is 7.85. The molecular formula is C17H15ClF2N4O. The van der Waals surface area contributed by atoms with Crippen molar-refractivity contribution in [1.29, 1.82) is 0 Å². The number of H-pyrrole nitrogens is 1. The lowest BCUT2D eigenvalue weighted by Crippen LogP contribution is -2.15. The number of aliphatic hydroxyl groups excluding tert-OH is 1. The molecule has 2 aromatic heterocycles. The highest BCUT2D eigenvalue weighted by Crippen LogP contribution is 2.28. The van der Waals surface area contributed by atoms with Gasteiger partial charge in [-0.25, -0.2) is 18.7 Å². The van der Waals surface area contributed by atoms with Crippen molar-refractivity contribution in [1.82, 2.24) is 15.0 Å². The van der Waals surface area contributed by atoms with Gasteiger partial charge in [0.1, 0.15) is 29.3 Å². The number of nitrogens with zero attached hydrogens (tertiary/aromatic N) is 2. The van der Waals surface area contributed by atoms with Gasteiger partial charge in [0, 0.05) is 0 Å². The quantitative estimate of drug-likeness (QED) is 0.644. The van der Waals surface area contributed by atoms with E-state index in [1.54, 1.807) is 13.0 Å². The molecule has 1 unspecified atom stereocenters. The van der Waals surface area contributed by atoms with Gasteiger partial charge in [0.25, 0.3) is 0 Å². The van der Waals surface area contributed by atoms with E-state index in [0.29, 0.717) is 22.9 Å². The third-order valence-electron chi connectivity index (χ3n) is 3.68. The summed E-state index contributed by atoms with van der Waals surface area (Å²) in [5, 5.41) is 12.3. The van der Waals surface area contributed by atoms with Crippen molar-refractivity contribution in [3.05, 3.63) is 76.0 Å². The smallest absolute Gasteiger partial charge is 0.144 e. The maximum absolute atomic E-state index is 13.5. The Morgan fingerprint density at radius 1 is 1.24 bits per heavy atom. The SMILES string of the molecule is Cc1nc(NC(c2ccc(F)c(Cl)c2)c2ncc(CO)[nH]2)ccc1F. The Morgan fingerprint density at radius 3 is 2.64 bits per heavy atom. The van der Waals surface area contributed by atoms with Crippen LogP contribution in [-0.2, 0) is 6.61 Å². The first kappa shape index (κ1) is 17.3. The summed E-state index contributed by atoms with van der Waals surface area (Å²) in [6, 6.07) is 6.56. The molecule has 130 valence electrons. The topological polar surface area (TPSA) is 73.8 Å². The number of pyridine rings is 1. The van der Waals surface area contributed by atoms with Gasteiger partial charge >= 0.3 is 0 Å². The van der Waals surface area contributed by atoms with E-state index in [1.165, 1.54) is 30.5 Å². The predicted octanol–water partition coefficient (Wildman–Crippen LogP) is 3.74. The lowest BCUT2D eigenvalue weighted by molar-refractivity contribution is 0.277. The minimum Gasteiger partial charge on any atom is -0.390 e. The van der Waals surface area contributed by atoms with Gasteiger partial charge in [-0.2, -0.15) is 0 Å². The standard InChI is InChI=1S/C17H15ClF2N4O/c1-9-13(19)4-5-15(22-9)24-16(17-21-7-11(8-25)23-17)10-2-3-14(20)12(18)6-10/h2-7,16,25H,8H2,1H3,(H,21,23)(H,22,24). The Hall–Kier alpha value is -2.51. The average molecular weight is 365 g/mol. The lowest BCUT2D eigenvalue weighted by atomic mass is 10.1. The van der Waals surface area contributed by atoms with Crippen LogP contribution in [-0.4, -0.2) is 20.1 Å². The molecule has 0 bridgehead atoms. The summed E-state index contributed by atoms with van der Waals surface area (Å²) < 4.78 is 26.9. The first-order chi connectivity index (χ1) is 12.0. The Morgan fingerprint density at radius 2 is 2.00 bits per heavy atom. The lowest BCUT2D eigenvalue weighted by Gasteiger charge is -2.19. The maximum atomic E-state index is 13.5. The highest BCUT2D eigenvalue weighted by molar-refractivity contribution is 6.30. The zero-order valence-corrected chi connectivity index (χ0v) is 14.0. The van der Waals surface area contributed by atoms with E-state index in [9.17, 15) is 13.9 Å². The van der Waals surface area contributed by atoms with E-state index in [4.69, 9.17) is 11.6 Å². The monoisotopic (exact) mass is 364 g/mol. The predicted molar refractivity (Wildman–Crippen MR) is 90.3 cm³/mol. The summed E-state index contributed by atoms with van der Waals surface area (Å²) in [6.45, 7) is 1.36. The molecule has 0 radical (unpaired) electrons. The van der Waals surface area contributed by atoms with Gasteiger partial charge < -0.3 is 15.4 Å². The van der Waals surface area contributed by atoms with Crippen LogP contribution < -0.4 is 5.32 Å². The number of hydrogen-bond acceptors (Lipinski definition) is 4. The fourth-order valence-electron chi connectivity index (χ4n) is 2.38. The molecule has 1 atom stereocenters. The van der Waals surface area contributed by atoms with Crippen LogP contribution in [0.4, 0.5) is 14.6 Å². The van der Waals surface area contributed by atoms with Gasteiger partial charge in [-0.3, -0.25) is 0 Å². The van der Waals surface area contributed by atoms with Crippen LogP contribution in [0.25, 0.3) is 0 Å². The Bertz CT molecular complexity index is 900. The van der Waals surface area contributed by atoms with Crippen molar-refractivity contribution < 1.29 is 13.9 Å². The number of aliphatic hydroxyl groups is 1. The van der Waals surface area contributed by atoms with E-state index in [-0.39, 0.29) is 17.3 Å². The number of benzene rings is 1. The summed E-state index contributed by atoms with van der Waals surface area (Å²) in [4.78, 5) is 11.4. The van der Waals surface area contributed by atoms with E-state index in [1.807, 2.05) is 0 Å². The molecule has 5 nitrogen and oxygen atoms in total. The summed E-state index contributed by atoms with van der Waals surface area (Å²) >= 11 is 5.89. The van der Waals surface area contributed by atoms with E-state index < -0.39 is 17.7 Å².